The predicted octanol–water partition coefficient (Wildman–Crippen LogP) is 5.04. The lowest BCUT2D eigenvalue weighted by Crippen LogP contribution is -2.09. The maximum atomic E-state index is 11.4. The molecular weight excluding hydrogens is 360 g/mol. The molecule has 3 aromatic rings. The second-order valence-corrected chi connectivity index (χ2v) is 6.72. The SMILES string of the molecule is CC(=O)c1ccc(Nc2cc(C)nc(NCCc3ccc(Cl)cc3)n2)cc1. The maximum absolute atomic E-state index is 11.4. The Morgan fingerprint density at radius 2 is 1.74 bits per heavy atom. The Morgan fingerprint density at radius 3 is 2.41 bits per heavy atom. The number of Topliss-reactive ketones (excluding diaryl/α,β-unsaturated/α-hetero) is 1. The number of halogens is 1. The number of ketones is 1. The normalized spacial score (nSPS) is 10.5. The molecule has 0 aliphatic carbocycles. The number of aryl methyl sites for hydroxylation is 1. The molecule has 138 valence electrons. The minimum atomic E-state index is 0.0478. The van der Waals surface area contributed by atoms with Gasteiger partial charge in [-0.05, 0) is 62.2 Å². The summed E-state index contributed by atoms with van der Waals surface area (Å²) in [6.07, 6.45) is 0.851. The fourth-order valence-corrected chi connectivity index (χ4v) is 2.74. The molecule has 2 N–H and O–H groups in total. The quantitative estimate of drug-likeness (QED) is 0.562. The molecule has 6 heteroatoms. The van der Waals surface area contributed by atoms with Gasteiger partial charge in [0.15, 0.2) is 5.78 Å². The van der Waals surface area contributed by atoms with Gasteiger partial charge < -0.3 is 10.6 Å². The fourth-order valence-electron chi connectivity index (χ4n) is 2.62. The van der Waals surface area contributed by atoms with Gasteiger partial charge in [0.25, 0.3) is 0 Å². The first-order chi connectivity index (χ1) is 13.0. The van der Waals surface area contributed by atoms with Crippen LogP contribution in [0.15, 0.2) is 54.6 Å². The minimum absolute atomic E-state index is 0.0478. The van der Waals surface area contributed by atoms with E-state index in [0.717, 1.165) is 29.4 Å². The number of nitrogens with one attached hydrogen (secondary N) is 2. The third-order valence-electron chi connectivity index (χ3n) is 4.03. The summed E-state index contributed by atoms with van der Waals surface area (Å²) in [5.74, 6) is 1.32. The van der Waals surface area contributed by atoms with Gasteiger partial charge in [0.2, 0.25) is 5.95 Å². The molecule has 5 nitrogen and oxygen atoms in total. The number of rotatable bonds is 7. The van der Waals surface area contributed by atoms with Crippen molar-refractivity contribution in [2.24, 2.45) is 0 Å². The highest BCUT2D eigenvalue weighted by Gasteiger charge is 2.04. The molecule has 0 amide bonds. The van der Waals surface area contributed by atoms with Crippen LogP contribution in [0.25, 0.3) is 0 Å². The number of anilines is 3. The molecule has 0 unspecified atom stereocenters. The summed E-state index contributed by atoms with van der Waals surface area (Å²) in [5.41, 5.74) is 3.61. The minimum Gasteiger partial charge on any atom is -0.354 e. The maximum Gasteiger partial charge on any atom is 0.224 e. The second-order valence-electron chi connectivity index (χ2n) is 6.28. The van der Waals surface area contributed by atoms with Gasteiger partial charge in [-0.1, -0.05) is 23.7 Å². The summed E-state index contributed by atoms with van der Waals surface area (Å²) in [6.45, 7) is 4.20. The molecule has 0 saturated heterocycles. The van der Waals surface area contributed by atoms with Gasteiger partial charge in [0, 0.05) is 34.6 Å². The summed E-state index contributed by atoms with van der Waals surface area (Å²) in [5, 5.41) is 7.24. The molecule has 3 rings (SSSR count). The summed E-state index contributed by atoms with van der Waals surface area (Å²) < 4.78 is 0. The number of hydrogen-bond donors (Lipinski definition) is 2. The largest absolute Gasteiger partial charge is 0.354 e. The van der Waals surface area contributed by atoms with E-state index in [-0.39, 0.29) is 5.78 Å². The number of carbonyl (C=O) groups is 1. The first kappa shape index (κ1) is 18.9. The second kappa shape index (κ2) is 8.64. The Morgan fingerprint density at radius 1 is 1.04 bits per heavy atom. The van der Waals surface area contributed by atoms with Crippen LogP contribution >= 0.6 is 11.6 Å². The van der Waals surface area contributed by atoms with Crippen molar-refractivity contribution >= 4 is 34.8 Å². The van der Waals surface area contributed by atoms with Gasteiger partial charge in [0.05, 0.1) is 0 Å². The van der Waals surface area contributed by atoms with Crippen LogP contribution < -0.4 is 10.6 Å². The number of nitrogens with zero attached hydrogens (tertiary/aromatic N) is 2. The monoisotopic (exact) mass is 380 g/mol. The molecular formula is C21H21ClN4O. The van der Waals surface area contributed by atoms with Crippen molar-refractivity contribution < 1.29 is 4.79 Å². The lowest BCUT2D eigenvalue weighted by Gasteiger charge is -2.10. The van der Waals surface area contributed by atoms with E-state index in [9.17, 15) is 4.79 Å². The van der Waals surface area contributed by atoms with Crippen molar-refractivity contribution in [3.05, 3.63) is 76.4 Å². The average Bonchev–Trinajstić information content (AvgIpc) is 2.63. The first-order valence-corrected chi connectivity index (χ1v) is 9.09. The van der Waals surface area contributed by atoms with Crippen LogP contribution in [0, 0.1) is 6.92 Å². The molecule has 1 aromatic heterocycles. The van der Waals surface area contributed by atoms with E-state index < -0.39 is 0 Å². The van der Waals surface area contributed by atoms with Crippen LogP contribution in [-0.2, 0) is 6.42 Å². The molecule has 27 heavy (non-hydrogen) atoms. The third-order valence-corrected chi connectivity index (χ3v) is 4.28. The van der Waals surface area contributed by atoms with Crippen molar-refractivity contribution in [3.63, 3.8) is 0 Å². The van der Waals surface area contributed by atoms with Crippen LogP contribution in [0.1, 0.15) is 28.5 Å². The van der Waals surface area contributed by atoms with Crippen molar-refractivity contribution in [2.45, 2.75) is 20.3 Å². The van der Waals surface area contributed by atoms with E-state index in [1.165, 1.54) is 5.56 Å². The van der Waals surface area contributed by atoms with Gasteiger partial charge in [0.1, 0.15) is 5.82 Å². The van der Waals surface area contributed by atoms with Gasteiger partial charge >= 0.3 is 0 Å². The average molecular weight is 381 g/mol. The van der Waals surface area contributed by atoms with E-state index in [1.807, 2.05) is 49.4 Å². The van der Waals surface area contributed by atoms with E-state index in [4.69, 9.17) is 11.6 Å². The Labute approximate surface area is 163 Å². The van der Waals surface area contributed by atoms with Gasteiger partial charge in [-0.25, -0.2) is 4.98 Å². The van der Waals surface area contributed by atoms with Crippen molar-refractivity contribution in [1.29, 1.82) is 0 Å². The molecule has 0 saturated carbocycles. The van der Waals surface area contributed by atoms with Gasteiger partial charge in [-0.15, -0.1) is 0 Å². The molecule has 0 aliphatic heterocycles. The predicted molar refractivity (Wildman–Crippen MR) is 110 cm³/mol. The number of hydrogen-bond acceptors (Lipinski definition) is 5. The van der Waals surface area contributed by atoms with Gasteiger partial charge in [-0.3, -0.25) is 4.79 Å². The number of aromatic nitrogens is 2. The van der Waals surface area contributed by atoms with E-state index in [0.29, 0.717) is 17.3 Å². The summed E-state index contributed by atoms with van der Waals surface area (Å²) in [7, 11) is 0. The number of carbonyl (C=O) groups excluding carboxylic acids is 1. The van der Waals surface area contributed by atoms with Crippen LogP contribution in [0.3, 0.4) is 0 Å². The first-order valence-electron chi connectivity index (χ1n) is 8.71. The molecule has 0 bridgehead atoms. The fraction of sp³-hybridized carbons (Fsp3) is 0.190. The molecule has 0 radical (unpaired) electrons. The molecule has 0 fully saturated rings. The Bertz CT molecular complexity index is 924. The summed E-state index contributed by atoms with van der Waals surface area (Å²) >= 11 is 5.91. The Hall–Kier alpha value is -2.92. The molecule has 0 atom stereocenters. The van der Waals surface area contributed by atoms with Crippen molar-refractivity contribution in [1.82, 2.24) is 9.97 Å². The van der Waals surface area contributed by atoms with Crippen LogP contribution in [0.4, 0.5) is 17.5 Å². The number of benzene rings is 2. The van der Waals surface area contributed by atoms with Gasteiger partial charge in [-0.2, -0.15) is 4.98 Å². The van der Waals surface area contributed by atoms with E-state index in [2.05, 4.69) is 20.6 Å². The zero-order valence-corrected chi connectivity index (χ0v) is 16.0. The zero-order chi connectivity index (χ0) is 19.2. The zero-order valence-electron chi connectivity index (χ0n) is 15.3. The highest BCUT2D eigenvalue weighted by atomic mass is 35.5. The smallest absolute Gasteiger partial charge is 0.224 e. The van der Waals surface area contributed by atoms with Crippen LogP contribution in [-0.4, -0.2) is 22.3 Å². The molecule has 0 spiro atoms. The van der Waals surface area contributed by atoms with Crippen molar-refractivity contribution in [2.75, 3.05) is 17.2 Å². The third kappa shape index (κ3) is 5.53. The van der Waals surface area contributed by atoms with E-state index in [1.54, 1.807) is 19.1 Å². The van der Waals surface area contributed by atoms with E-state index >= 15 is 0 Å². The lowest BCUT2D eigenvalue weighted by molar-refractivity contribution is 0.101. The lowest BCUT2D eigenvalue weighted by atomic mass is 10.1. The standard InChI is InChI=1S/C21H21ClN4O/c1-14-13-20(25-19-9-5-17(6-10-19)15(2)27)26-21(24-14)23-12-11-16-3-7-18(22)8-4-16/h3-10,13H,11-12H2,1-2H3,(H2,23,24,25,26). The molecule has 0 aliphatic rings. The Kier molecular flexibility index (Phi) is 6.04. The highest BCUT2D eigenvalue weighted by Crippen LogP contribution is 2.18. The topological polar surface area (TPSA) is 66.9 Å². The Balaban J connectivity index is 1.63. The molecule has 1 heterocycles. The summed E-state index contributed by atoms with van der Waals surface area (Å²) in [6, 6.07) is 17.0. The van der Waals surface area contributed by atoms with Crippen LogP contribution in [0.5, 0.6) is 0 Å². The summed E-state index contributed by atoms with van der Waals surface area (Å²) in [4.78, 5) is 20.3. The highest BCUT2D eigenvalue weighted by molar-refractivity contribution is 6.30. The van der Waals surface area contributed by atoms with Crippen molar-refractivity contribution in [3.8, 4) is 0 Å². The molecule has 2 aromatic carbocycles. The van der Waals surface area contributed by atoms with Crippen LogP contribution in [0.2, 0.25) is 5.02 Å².